The fraction of sp³-hybridized carbons (Fsp3) is 0.412. The summed E-state index contributed by atoms with van der Waals surface area (Å²) in [6, 6.07) is 6.27. The van der Waals surface area contributed by atoms with Crippen molar-refractivity contribution in [2.45, 2.75) is 44.1 Å². The summed E-state index contributed by atoms with van der Waals surface area (Å²) in [6.45, 7) is 0.945. The van der Waals surface area contributed by atoms with E-state index in [1.165, 1.54) is 17.5 Å². The third kappa shape index (κ3) is 2.90. The van der Waals surface area contributed by atoms with E-state index in [2.05, 4.69) is 21.7 Å². The number of aryl methyl sites for hydroxylation is 2. The van der Waals surface area contributed by atoms with Crippen molar-refractivity contribution in [3.63, 3.8) is 0 Å². The second-order valence-corrected chi connectivity index (χ2v) is 6.86. The fourth-order valence-electron chi connectivity index (χ4n) is 3.14. The van der Waals surface area contributed by atoms with Crippen LogP contribution in [0.5, 0.6) is 0 Å². The number of benzene rings is 1. The second kappa shape index (κ2) is 6.39. The maximum Gasteiger partial charge on any atom is 0.0945 e. The monoisotopic (exact) mass is 333 g/mol. The summed E-state index contributed by atoms with van der Waals surface area (Å²) in [5.74, 6) is 0. The van der Waals surface area contributed by atoms with Gasteiger partial charge in [-0.3, -0.25) is 0 Å². The molecule has 1 fully saturated rings. The summed E-state index contributed by atoms with van der Waals surface area (Å²) in [4.78, 5) is 4.67. The van der Waals surface area contributed by atoms with E-state index >= 15 is 0 Å². The molecule has 22 heavy (non-hydrogen) atoms. The van der Waals surface area contributed by atoms with Crippen molar-refractivity contribution in [1.82, 2.24) is 9.55 Å². The highest BCUT2D eigenvalue weighted by molar-refractivity contribution is 7.80. The molecule has 5 heteroatoms. The predicted octanol–water partition coefficient (Wildman–Crippen LogP) is 3.88. The Morgan fingerprint density at radius 1 is 1.41 bits per heavy atom. The second-order valence-electron chi connectivity index (χ2n) is 6.01. The number of halogens is 1. The lowest BCUT2D eigenvalue weighted by atomic mass is 9.64. The molecular formula is C17H20ClN3S. The Morgan fingerprint density at radius 3 is 2.82 bits per heavy atom. The van der Waals surface area contributed by atoms with Crippen LogP contribution in [0.25, 0.3) is 0 Å². The van der Waals surface area contributed by atoms with Gasteiger partial charge in [0, 0.05) is 29.4 Å². The van der Waals surface area contributed by atoms with Crippen LogP contribution in [0.4, 0.5) is 0 Å². The van der Waals surface area contributed by atoms with E-state index in [0.29, 0.717) is 4.99 Å². The molecule has 0 amide bonds. The molecule has 0 unspecified atom stereocenters. The van der Waals surface area contributed by atoms with Crippen LogP contribution >= 0.6 is 23.8 Å². The highest BCUT2D eigenvalue weighted by Crippen LogP contribution is 2.44. The van der Waals surface area contributed by atoms with Crippen molar-refractivity contribution in [1.29, 1.82) is 0 Å². The van der Waals surface area contributed by atoms with E-state index in [1.807, 2.05) is 18.6 Å². The van der Waals surface area contributed by atoms with Gasteiger partial charge >= 0.3 is 0 Å². The SMILES string of the molecule is NC(=S)C1(c2ccc(Cl)c(CCCn3ccnc3)c2)CCC1. The van der Waals surface area contributed by atoms with Crippen molar-refractivity contribution in [2.75, 3.05) is 0 Å². The lowest BCUT2D eigenvalue weighted by Gasteiger charge is -2.41. The van der Waals surface area contributed by atoms with Crippen LogP contribution in [0.2, 0.25) is 5.02 Å². The zero-order valence-electron chi connectivity index (χ0n) is 12.5. The van der Waals surface area contributed by atoms with E-state index in [1.54, 1.807) is 6.20 Å². The molecule has 0 bridgehead atoms. The quantitative estimate of drug-likeness (QED) is 0.816. The number of hydrogen-bond donors (Lipinski definition) is 1. The van der Waals surface area contributed by atoms with Gasteiger partial charge in [-0.1, -0.05) is 42.4 Å². The minimum absolute atomic E-state index is 0.0982. The van der Waals surface area contributed by atoms with Crippen LogP contribution in [0.15, 0.2) is 36.9 Å². The predicted molar refractivity (Wildman–Crippen MR) is 94.3 cm³/mol. The first-order valence-electron chi connectivity index (χ1n) is 7.66. The molecule has 2 N–H and O–H groups in total. The maximum atomic E-state index is 6.36. The van der Waals surface area contributed by atoms with Gasteiger partial charge in [0.15, 0.2) is 0 Å². The molecule has 1 heterocycles. The van der Waals surface area contributed by atoms with Gasteiger partial charge in [-0.15, -0.1) is 0 Å². The van der Waals surface area contributed by atoms with Crippen LogP contribution in [0, 0.1) is 0 Å². The van der Waals surface area contributed by atoms with E-state index in [4.69, 9.17) is 29.6 Å². The summed E-state index contributed by atoms with van der Waals surface area (Å²) < 4.78 is 2.08. The smallest absolute Gasteiger partial charge is 0.0945 e. The summed E-state index contributed by atoms with van der Waals surface area (Å²) in [7, 11) is 0. The fourth-order valence-corrected chi connectivity index (χ4v) is 3.68. The average Bonchev–Trinajstić information content (AvgIpc) is 2.93. The molecule has 0 atom stereocenters. The maximum absolute atomic E-state index is 6.36. The standard InChI is InChI=1S/C17H20ClN3S/c18-15-5-4-14(17(16(19)22)6-2-7-17)11-13(15)3-1-9-21-10-8-20-12-21/h4-5,8,10-12H,1-3,6-7,9H2,(H2,19,22). The third-order valence-corrected chi connectivity index (χ3v) is 5.46. The first kappa shape index (κ1) is 15.5. The van der Waals surface area contributed by atoms with Gasteiger partial charge < -0.3 is 10.3 Å². The molecule has 1 saturated carbocycles. The molecule has 3 nitrogen and oxygen atoms in total. The number of hydrogen-bond acceptors (Lipinski definition) is 2. The van der Waals surface area contributed by atoms with Crippen LogP contribution in [-0.2, 0) is 18.4 Å². The number of nitrogens with two attached hydrogens (primary N) is 1. The Bertz CT molecular complexity index is 663. The van der Waals surface area contributed by atoms with E-state index in [9.17, 15) is 0 Å². The molecule has 116 valence electrons. The van der Waals surface area contributed by atoms with Gasteiger partial charge in [0.05, 0.1) is 11.3 Å². The molecule has 1 aliphatic carbocycles. The molecule has 0 radical (unpaired) electrons. The zero-order chi connectivity index (χ0) is 15.6. The number of rotatable bonds is 6. The molecule has 3 rings (SSSR count). The third-order valence-electron chi connectivity index (χ3n) is 4.70. The lowest BCUT2D eigenvalue weighted by molar-refractivity contribution is 0.342. The minimum Gasteiger partial charge on any atom is -0.393 e. The van der Waals surface area contributed by atoms with Crippen molar-refractivity contribution in [3.05, 3.63) is 53.1 Å². The summed E-state index contributed by atoms with van der Waals surface area (Å²) >= 11 is 11.7. The average molecular weight is 334 g/mol. The molecule has 1 aromatic heterocycles. The van der Waals surface area contributed by atoms with Crippen LogP contribution in [0.3, 0.4) is 0 Å². The normalized spacial score (nSPS) is 16.2. The molecular weight excluding hydrogens is 314 g/mol. The Balaban J connectivity index is 1.74. The van der Waals surface area contributed by atoms with Crippen LogP contribution < -0.4 is 5.73 Å². The zero-order valence-corrected chi connectivity index (χ0v) is 14.0. The number of aromatic nitrogens is 2. The lowest BCUT2D eigenvalue weighted by Crippen LogP contribution is -2.45. The molecule has 0 aliphatic heterocycles. The molecule has 1 aromatic carbocycles. The number of nitrogens with zero attached hydrogens (tertiary/aromatic N) is 2. The van der Waals surface area contributed by atoms with E-state index < -0.39 is 0 Å². The van der Waals surface area contributed by atoms with Crippen LogP contribution in [0.1, 0.15) is 36.8 Å². The summed E-state index contributed by atoms with van der Waals surface area (Å²) in [5, 5.41) is 0.826. The Hall–Kier alpha value is -1.39. The van der Waals surface area contributed by atoms with E-state index in [0.717, 1.165) is 37.3 Å². The van der Waals surface area contributed by atoms with Crippen molar-refractivity contribution in [3.8, 4) is 0 Å². The summed E-state index contributed by atoms with van der Waals surface area (Å²) in [5.41, 5.74) is 8.32. The largest absolute Gasteiger partial charge is 0.393 e. The van der Waals surface area contributed by atoms with Gasteiger partial charge in [0.2, 0.25) is 0 Å². The topological polar surface area (TPSA) is 43.8 Å². The first-order chi connectivity index (χ1) is 10.6. The number of imidazole rings is 1. The molecule has 2 aromatic rings. The minimum atomic E-state index is -0.0982. The van der Waals surface area contributed by atoms with E-state index in [-0.39, 0.29) is 5.41 Å². The highest BCUT2D eigenvalue weighted by Gasteiger charge is 2.41. The Morgan fingerprint density at radius 2 is 2.23 bits per heavy atom. The van der Waals surface area contributed by atoms with Crippen molar-refractivity contribution < 1.29 is 0 Å². The van der Waals surface area contributed by atoms with Crippen LogP contribution in [-0.4, -0.2) is 14.5 Å². The molecule has 0 saturated heterocycles. The van der Waals surface area contributed by atoms with Gasteiger partial charge in [0.25, 0.3) is 0 Å². The summed E-state index contributed by atoms with van der Waals surface area (Å²) in [6.07, 6.45) is 10.9. The number of thiocarbonyl (C=S) groups is 1. The Labute approximate surface area is 141 Å². The van der Waals surface area contributed by atoms with Gasteiger partial charge in [-0.25, -0.2) is 4.98 Å². The van der Waals surface area contributed by atoms with Gasteiger partial charge in [0.1, 0.15) is 0 Å². The highest BCUT2D eigenvalue weighted by atomic mass is 35.5. The Kier molecular flexibility index (Phi) is 4.50. The molecule has 0 spiro atoms. The van der Waals surface area contributed by atoms with Gasteiger partial charge in [-0.05, 0) is 42.9 Å². The van der Waals surface area contributed by atoms with Gasteiger partial charge in [-0.2, -0.15) is 0 Å². The van der Waals surface area contributed by atoms with Crippen molar-refractivity contribution in [2.24, 2.45) is 5.73 Å². The molecule has 1 aliphatic rings. The first-order valence-corrected chi connectivity index (χ1v) is 8.45. The van der Waals surface area contributed by atoms with Crippen molar-refractivity contribution >= 4 is 28.8 Å².